The predicted octanol–water partition coefficient (Wildman–Crippen LogP) is 0.878. The van der Waals surface area contributed by atoms with Gasteiger partial charge in [0.25, 0.3) is 0 Å². The van der Waals surface area contributed by atoms with E-state index in [9.17, 15) is 0 Å². The van der Waals surface area contributed by atoms with Gasteiger partial charge in [-0.15, -0.1) is 0 Å². The van der Waals surface area contributed by atoms with Gasteiger partial charge in [0.15, 0.2) is 0 Å². The second kappa shape index (κ2) is 6.62. The quantitative estimate of drug-likeness (QED) is 0.551. The SMILES string of the molecule is NCCCNCCC1=CC=C(N)CC1. The molecule has 0 radical (unpaired) electrons. The van der Waals surface area contributed by atoms with Gasteiger partial charge in [-0.25, -0.2) is 0 Å². The van der Waals surface area contributed by atoms with Crippen molar-refractivity contribution < 1.29 is 0 Å². The van der Waals surface area contributed by atoms with Gasteiger partial charge in [0.2, 0.25) is 0 Å². The van der Waals surface area contributed by atoms with Crippen molar-refractivity contribution in [1.82, 2.24) is 5.32 Å². The number of rotatable bonds is 6. The second-order valence-corrected chi connectivity index (χ2v) is 3.71. The van der Waals surface area contributed by atoms with E-state index in [2.05, 4.69) is 11.4 Å². The van der Waals surface area contributed by atoms with Crippen LogP contribution in [0.4, 0.5) is 0 Å². The molecule has 0 saturated heterocycles. The highest BCUT2D eigenvalue weighted by Gasteiger charge is 2.02. The van der Waals surface area contributed by atoms with Gasteiger partial charge in [-0.3, -0.25) is 0 Å². The Morgan fingerprint density at radius 3 is 2.71 bits per heavy atom. The van der Waals surface area contributed by atoms with E-state index in [1.54, 1.807) is 0 Å². The summed E-state index contributed by atoms with van der Waals surface area (Å²) in [5, 5.41) is 3.37. The van der Waals surface area contributed by atoms with Gasteiger partial charge >= 0.3 is 0 Å². The van der Waals surface area contributed by atoms with E-state index in [1.807, 2.05) is 6.08 Å². The maximum Gasteiger partial charge on any atom is 0.00836 e. The lowest BCUT2D eigenvalue weighted by molar-refractivity contribution is 0.642. The van der Waals surface area contributed by atoms with E-state index in [1.165, 1.54) is 5.57 Å². The van der Waals surface area contributed by atoms with Crippen LogP contribution in [-0.2, 0) is 0 Å². The predicted molar refractivity (Wildman–Crippen MR) is 60.7 cm³/mol. The summed E-state index contributed by atoms with van der Waals surface area (Å²) in [6.07, 6.45) is 8.53. The molecule has 0 heterocycles. The molecular weight excluding hydrogens is 174 g/mol. The fraction of sp³-hybridized carbons (Fsp3) is 0.636. The Labute approximate surface area is 86.2 Å². The maximum absolute atomic E-state index is 5.68. The van der Waals surface area contributed by atoms with Gasteiger partial charge in [-0.05, 0) is 51.4 Å². The van der Waals surface area contributed by atoms with E-state index in [0.717, 1.165) is 51.0 Å². The van der Waals surface area contributed by atoms with Crippen LogP contribution in [0.1, 0.15) is 25.7 Å². The summed E-state index contributed by atoms with van der Waals surface area (Å²) in [5.74, 6) is 0. The van der Waals surface area contributed by atoms with E-state index >= 15 is 0 Å². The number of allylic oxidation sites excluding steroid dienone is 3. The average Bonchev–Trinajstić information content (AvgIpc) is 2.21. The molecule has 0 aromatic rings. The summed E-state index contributed by atoms with van der Waals surface area (Å²) in [6, 6.07) is 0. The normalized spacial score (nSPS) is 16.4. The number of hydrogen-bond donors (Lipinski definition) is 3. The largest absolute Gasteiger partial charge is 0.402 e. The molecule has 0 fully saturated rings. The standard InChI is InChI=1S/C11H21N3/c12-7-1-8-14-9-6-10-2-4-11(13)5-3-10/h2,4,14H,1,3,5-9,12-13H2. The highest BCUT2D eigenvalue weighted by Crippen LogP contribution is 2.17. The molecule has 0 aromatic carbocycles. The molecule has 3 heteroatoms. The molecule has 0 aliphatic heterocycles. The monoisotopic (exact) mass is 195 g/mol. The summed E-state index contributed by atoms with van der Waals surface area (Å²) in [5.41, 5.74) is 13.6. The molecule has 0 bridgehead atoms. The van der Waals surface area contributed by atoms with Crippen LogP contribution in [0.15, 0.2) is 23.4 Å². The third-order valence-corrected chi connectivity index (χ3v) is 2.45. The molecular formula is C11H21N3. The van der Waals surface area contributed by atoms with Gasteiger partial charge in [-0.1, -0.05) is 11.6 Å². The molecule has 0 atom stereocenters. The summed E-state index contributed by atoms with van der Waals surface area (Å²) >= 11 is 0. The highest BCUT2D eigenvalue weighted by molar-refractivity contribution is 5.22. The molecule has 1 aliphatic rings. The summed E-state index contributed by atoms with van der Waals surface area (Å²) in [7, 11) is 0. The van der Waals surface area contributed by atoms with Gasteiger partial charge < -0.3 is 16.8 Å². The van der Waals surface area contributed by atoms with Crippen LogP contribution < -0.4 is 16.8 Å². The molecule has 14 heavy (non-hydrogen) atoms. The molecule has 80 valence electrons. The van der Waals surface area contributed by atoms with Gasteiger partial charge in [0.05, 0.1) is 0 Å². The summed E-state index contributed by atoms with van der Waals surface area (Å²) < 4.78 is 0. The fourth-order valence-corrected chi connectivity index (χ4v) is 1.51. The Morgan fingerprint density at radius 2 is 2.07 bits per heavy atom. The van der Waals surface area contributed by atoms with Crippen LogP contribution in [0.25, 0.3) is 0 Å². The molecule has 1 aliphatic carbocycles. The van der Waals surface area contributed by atoms with Crippen LogP contribution in [0, 0.1) is 0 Å². The van der Waals surface area contributed by atoms with Crippen molar-refractivity contribution in [3.05, 3.63) is 23.4 Å². The van der Waals surface area contributed by atoms with Crippen molar-refractivity contribution >= 4 is 0 Å². The molecule has 0 unspecified atom stereocenters. The minimum Gasteiger partial charge on any atom is -0.402 e. The van der Waals surface area contributed by atoms with E-state index in [4.69, 9.17) is 11.5 Å². The Balaban J connectivity index is 2.07. The smallest absolute Gasteiger partial charge is 0.00836 e. The second-order valence-electron chi connectivity index (χ2n) is 3.71. The van der Waals surface area contributed by atoms with E-state index in [0.29, 0.717) is 0 Å². The number of nitrogens with two attached hydrogens (primary N) is 2. The minimum atomic E-state index is 0.773. The van der Waals surface area contributed by atoms with Crippen LogP contribution in [0.3, 0.4) is 0 Å². The number of hydrogen-bond acceptors (Lipinski definition) is 3. The first-order valence-electron chi connectivity index (χ1n) is 5.38. The van der Waals surface area contributed by atoms with E-state index in [-0.39, 0.29) is 0 Å². The third kappa shape index (κ3) is 4.44. The zero-order valence-corrected chi connectivity index (χ0v) is 8.76. The molecule has 3 nitrogen and oxygen atoms in total. The minimum absolute atomic E-state index is 0.773. The molecule has 0 aromatic heterocycles. The zero-order valence-electron chi connectivity index (χ0n) is 8.76. The maximum atomic E-state index is 5.68. The summed E-state index contributed by atoms with van der Waals surface area (Å²) in [6.45, 7) is 2.86. The summed E-state index contributed by atoms with van der Waals surface area (Å²) in [4.78, 5) is 0. The molecule has 0 spiro atoms. The fourth-order valence-electron chi connectivity index (χ4n) is 1.51. The molecule has 0 saturated carbocycles. The third-order valence-electron chi connectivity index (χ3n) is 2.45. The molecule has 1 rings (SSSR count). The Bertz CT molecular complexity index is 219. The van der Waals surface area contributed by atoms with Crippen molar-refractivity contribution in [2.45, 2.75) is 25.7 Å². The van der Waals surface area contributed by atoms with Gasteiger partial charge in [-0.2, -0.15) is 0 Å². The molecule has 0 amide bonds. The number of nitrogens with one attached hydrogen (secondary N) is 1. The Morgan fingerprint density at radius 1 is 1.21 bits per heavy atom. The zero-order chi connectivity index (χ0) is 10.2. The van der Waals surface area contributed by atoms with E-state index < -0.39 is 0 Å². The van der Waals surface area contributed by atoms with Crippen LogP contribution in [-0.4, -0.2) is 19.6 Å². The van der Waals surface area contributed by atoms with Gasteiger partial charge in [0, 0.05) is 5.70 Å². The van der Waals surface area contributed by atoms with Crippen molar-refractivity contribution in [3.8, 4) is 0 Å². The van der Waals surface area contributed by atoms with Crippen LogP contribution in [0.5, 0.6) is 0 Å². The van der Waals surface area contributed by atoms with Crippen molar-refractivity contribution in [3.63, 3.8) is 0 Å². The lowest BCUT2D eigenvalue weighted by atomic mass is 10.0. The Hall–Kier alpha value is -0.800. The van der Waals surface area contributed by atoms with Crippen LogP contribution >= 0.6 is 0 Å². The van der Waals surface area contributed by atoms with Crippen molar-refractivity contribution in [2.75, 3.05) is 19.6 Å². The Kier molecular flexibility index (Phi) is 5.33. The van der Waals surface area contributed by atoms with Gasteiger partial charge in [0.1, 0.15) is 0 Å². The molecule has 5 N–H and O–H groups in total. The first-order chi connectivity index (χ1) is 6.83. The van der Waals surface area contributed by atoms with Crippen LogP contribution in [0.2, 0.25) is 0 Å². The lowest BCUT2D eigenvalue weighted by Crippen LogP contribution is -2.20. The van der Waals surface area contributed by atoms with Crippen molar-refractivity contribution in [1.29, 1.82) is 0 Å². The lowest BCUT2D eigenvalue weighted by Gasteiger charge is -2.12. The first-order valence-corrected chi connectivity index (χ1v) is 5.38. The van der Waals surface area contributed by atoms with Crippen molar-refractivity contribution in [2.24, 2.45) is 11.5 Å². The average molecular weight is 195 g/mol. The topological polar surface area (TPSA) is 64.1 Å². The first kappa shape index (κ1) is 11.3. The highest BCUT2D eigenvalue weighted by atomic mass is 14.8.